The van der Waals surface area contributed by atoms with Crippen molar-refractivity contribution in [3.05, 3.63) is 47.0 Å². The number of hydrogen-bond donors (Lipinski definition) is 2. The molecule has 1 saturated heterocycles. The number of ether oxygens (including phenoxy) is 4. The quantitative estimate of drug-likeness (QED) is 0.193. The third-order valence-corrected chi connectivity index (χ3v) is 12.4. The van der Waals surface area contributed by atoms with Gasteiger partial charge in [-0.1, -0.05) is 45.9 Å². The van der Waals surface area contributed by atoms with Crippen molar-refractivity contribution in [2.75, 3.05) is 6.61 Å². The maximum Gasteiger partial charge on any atom is 0.338 e. The zero-order valence-corrected chi connectivity index (χ0v) is 29.7. The molecular weight excluding hydrogens is 608 g/mol. The maximum atomic E-state index is 14.1. The Balaban J connectivity index is 1.86. The molecule has 5 rings (SSSR count). The third-order valence-electron chi connectivity index (χ3n) is 11.4. The number of carbonyl (C=O) groups excluding carboxylic acids is 3. The van der Waals surface area contributed by atoms with Crippen molar-refractivity contribution < 1.29 is 48.0 Å². The number of hydrogen-bond acceptors (Lipinski definition) is 10. The molecule has 10 atom stereocenters. The standard InChI is InChI=1S/C35H50O10Si/c1-19-16-25-34(18-41-25,44-22(4)37)28-30(43-31(39)23-14-12-11-13-15-23)35(40)17-24(45-46(8,9)10)20(2)26(32(35,5)6)27(38)29(33(19,28)7)42-21(3)36/h11-15,19,24-25,27-30,38,40H,16-18H2,1-10H3/t19-,24?,25+,27+,28?,29+,30-,33+,34-,35+/m0/s1. The van der Waals surface area contributed by atoms with Crippen LogP contribution < -0.4 is 0 Å². The lowest BCUT2D eigenvalue weighted by Gasteiger charge is -2.69. The zero-order chi connectivity index (χ0) is 34.2. The molecule has 4 aliphatic rings. The Morgan fingerprint density at radius 1 is 0.978 bits per heavy atom. The second-order valence-corrected chi connectivity index (χ2v) is 20.0. The molecule has 0 spiro atoms. The van der Waals surface area contributed by atoms with Gasteiger partial charge in [0, 0.05) is 31.1 Å². The van der Waals surface area contributed by atoms with Crippen molar-refractivity contribution in [2.24, 2.45) is 22.7 Å². The Labute approximate surface area is 272 Å². The molecule has 1 aromatic carbocycles. The Morgan fingerprint density at radius 2 is 1.61 bits per heavy atom. The fourth-order valence-corrected chi connectivity index (χ4v) is 10.2. The number of esters is 3. The van der Waals surface area contributed by atoms with Crippen LogP contribution in [0.3, 0.4) is 0 Å². The highest BCUT2D eigenvalue weighted by Gasteiger charge is 2.77. The number of carbonyl (C=O) groups is 3. The normalized spacial score (nSPS) is 39.9. The monoisotopic (exact) mass is 658 g/mol. The molecule has 2 N–H and O–H groups in total. The minimum Gasteiger partial charge on any atom is -0.459 e. The van der Waals surface area contributed by atoms with Gasteiger partial charge in [-0.2, -0.15) is 0 Å². The van der Waals surface area contributed by atoms with Crippen LogP contribution in [0.1, 0.15) is 71.7 Å². The van der Waals surface area contributed by atoms with Crippen molar-refractivity contribution in [1.29, 1.82) is 0 Å². The number of fused-ring (bicyclic) bond motifs is 5. The Morgan fingerprint density at radius 3 is 2.13 bits per heavy atom. The van der Waals surface area contributed by atoms with Gasteiger partial charge in [-0.05, 0) is 62.2 Å². The lowest BCUT2D eigenvalue weighted by molar-refractivity contribution is -0.358. The highest BCUT2D eigenvalue weighted by atomic mass is 28.4. The van der Waals surface area contributed by atoms with Crippen molar-refractivity contribution in [2.45, 2.75) is 123 Å². The van der Waals surface area contributed by atoms with E-state index in [-0.39, 0.29) is 24.5 Å². The van der Waals surface area contributed by atoms with Gasteiger partial charge in [0.2, 0.25) is 0 Å². The molecule has 0 radical (unpaired) electrons. The molecule has 3 aliphatic carbocycles. The topological polar surface area (TPSA) is 138 Å². The minimum atomic E-state index is -2.23. The number of benzene rings is 1. The fraction of sp³-hybridized carbons (Fsp3) is 0.686. The predicted octanol–water partition coefficient (Wildman–Crippen LogP) is 4.58. The highest BCUT2D eigenvalue weighted by molar-refractivity contribution is 6.69. The summed E-state index contributed by atoms with van der Waals surface area (Å²) in [5.74, 6) is -3.08. The van der Waals surface area contributed by atoms with E-state index in [9.17, 15) is 24.6 Å². The average molecular weight is 659 g/mol. The molecular formula is C35H50O10Si. The molecule has 2 saturated carbocycles. The molecule has 10 nitrogen and oxygen atoms in total. The van der Waals surface area contributed by atoms with Gasteiger partial charge >= 0.3 is 17.9 Å². The van der Waals surface area contributed by atoms with E-state index in [2.05, 4.69) is 0 Å². The first-order valence-electron chi connectivity index (χ1n) is 16.2. The van der Waals surface area contributed by atoms with Gasteiger partial charge < -0.3 is 33.6 Å². The maximum absolute atomic E-state index is 14.1. The number of aliphatic hydroxyl groups is 2. The molecule has 1 aliphatic heterocycles. The van der Waals surface area contributed by atoms with Gasteiger partial charge in [0.1, 0.15) is 30.0 Å². The molecule has 3 fully saturated rings. The first kappa shape index (κ1) is 34.8. The lowest BCUT2D eigenvalue weighted by atomic mass is 9.43. The van der Waals surface area contributed by atoms with Crippen LogP contribution in [0.5, 0.6) is 0 Å². The predicted molar refractivity (Wildman–Crippen MR) is 171 cm³/mol. The lowest BCUT2D eigenvalue weighted by Crippen LogP contribution is -2.81. The van der Waals surface area contributed by atoms with E-state index >= 15 is 0 Å². The average Bonchev–Trinajstić information content (AvgIpc) is 2.93. The number of aliphatic hydroxyl groups excluding tert-OH is 1. The first-order valence-corrected chi connectivity index (χ1v) is 19.7. The van der Waals surface area contributed by atoms with Crippen LogP contribution in [-0.4, -0.2) is 84.8 Å². The van der Waals surface area contributed by atoms with Gasteiger partial charge in [0.25, 0.3) is 0 Å². The molecule has 11 heteroatoms. The molecule has 46 heavy (non-hydrogen) atoms. The van der Waals surface area contributed by atoms with E-state index in [1.807, 2.05) is 54.3 Å². The van der Waals surface area contributed by atoms with E-state index in [4.69, 9.17) is 23.4 Å². The van der Waals surface area contributed by atoms with Crippen LogP contribution in [0.4, 0.5) is 0 Å². The summed E-state index contributed by atoms with van der Waals surface area (Å²) < 4.78 is 31.6. The zero-order valence-electron chi connectivity index (χ0n) is 28.7. The largest absolute Gasteiger partial charge is 0.459 e. The summed E-state index contributed by atoms with van der Waals surface area (Å²) >= 11 is 0. The fourth-order valence-electron chi connectivity index (χ4n) is 9.08. The minimum absolute atomic E-state index is 0.0143. The second-order valence-electron chi connectivity index (χ2n) is 15.6. The van der Waals surface area contributed by atoms with E-state index in [1.165, 1.54) is 13.8 Å². The van der Waals surface area contributed by atoms with Gasteiger partial charge in [-0.25, -0.2) is 4.79 Å². The van der Waals surface area contributed by atoms with E-state index < -0.39 is 84.7 Å². The van der Waals surface area contributed by atoms with Gasteiger partial charge in [-0.15, -0.1) is 0 Å². The summed E-state index contributed by atoms with van der Waals surface area (Å²) in [6, 6.07) is 8.52. The van der Waals surface area contributed by atoms with Gasteiger partial charge in [-0.3, -0.25) is 9.59 Å². The summed E-state index contributed by atoms with van der Waals surface area (Å²) in [6.07, 6.45) is -4.55. The van der Waals surface area contributed by atoms with Crippen LogP contribution in [0.25, 0.3) is 0 Å². The van der Waals surface area contributed by atoms with E-state index in [0.717, 1.165) is 5.57 Å². The number of rotatable bonds is 6. The molecule has 0 amide bonds. The van der Waals surface area contributed by atoms with Crippen molar-refractivity contribution in [3.63, 3.8) is 0 Å². The summed E-state index contributed by atoms with van der Waals surface area (Å²) in [5, 5.41) is 25.9. The highest BCUT2D eigenvalue weighted by Crippen LogP contribution is 2.66. The summed E-state index contributed by atoms with van der Waals surface area (Å²) in [6.45, 7) is 18.1. The smallest absolute Gasteiger partial charge is 0.338 e. The van der Waals surface area contributed by atoms with Crippen LogP contribution in [0.15, 0.2) is 41.5 Å². The SMILES string of the molecule is CC(=O)O[C@@H]1[C@H](O)C2=C(C)C(O[Si](C)(C)C)C[C@@](O)([C@@H](OC(=O)c3ccccc3)C3[C@@]1(C)[C@@H](C)C[C@H]1OC[C@@]31OC(C)=O)C2(C)C. The van der Waals surface area contributed by atoms with Crippen LogP contribution >= 0.6 is 0 Å². The van der Waals surface area contributed by atoms with Crippen LogP contribution in [-0.2, 0) is 33.0 Å². The molecule has 2 bridgehead atoms. The Hall–Kier alpha value is -2.57. The Bertz CT molecular complexity index is 1420. The molecule has 1 heterocycles. The Kier molecular flexibility index (Phi) is 8.72. The van der Waals surface area contributed by atoms with Crippen molar-refractivity contribution >= 4 is 26.2 Å². The van der Waals surface area contributed by atoms with Crippen molar-refractivity contribution in [1.82, 2.24) is 0 Å². The van der Waals surface area contributed by atoms with Crippen LogP contribution in [0, 0.1) is 22.7 Å². The second kappa shape index (κ2) is 11.5. The van der Waals surface area contributed by atoms with Crippen LogP contribution in [0.2, 0.25) is 19.6 Å². The van der Waals surface area contributed by atoms with E-state index in [1.54, 1.807) is 30.3 Å². The van der Waals surface area contributed by atoms with Crippen molar-refractivity contribution in [3.8, 4) is 0 Å². The summed E-state index contributed by atoms with van der Waals surface area (Å²) in [7, 11) is -2.23. The third kappa shape index (κ3) is 5.26. The van der Waals surface area contributed by atoms with E-state index in [0.29, 0.717) is 12.0 Å². The molecule has 254 valence electrons. The summed E-state index contributed by atoms with van der Waals surface area (Å²) in [4.78, 5) is 39.8. The molecule has 2 unspecified atom stereocenters. The summed E-state index contributed by atoms with van der Waals surface area (Å²) in [5.41, 5.74) is -4.07. The molecule has 0 aromatic heterocycles. The first-order chi connectivity index (χ1) is 21.2. The van der Waals surface area contributed by atoms with Gasteiger partial charge in [0.15, 0.2) is 13.9 Å². The van der Waals surface area contributed by atoms with Gasteiger partial charge in [0.05, 0.1) is 24.2 Å². The molecule has 1 aromatic rings.